The molecule has 0 aliphatic rings. The summed E-state index contributed by atoms with van der Waals surface area (Å²) in [6.07, 6.45) is 0. The Morgan fingerprint density at radius 2 is 1.89 bits per heavy atom. The second-order valence-electron chi connectivity index (χ2n) is 6.06. The van der Waals surface area contributed by atoms with Crippen molar-refractivity contribution in [3.63, 3.8) is 0 Å². The summed E-state index contributed by atoms with van der Waals surface area (Å²) in [6.45, 7) is 5.05. The molecule has 0 atom stereocenters. The van der Waals surface area contributed by atoms with Crippen LogP contribution >= 0.6 is 11.3 Å². The normalized spacial score (nSPS) is 10.5. The number of aromatic carboxylic acids is 1. The number of carboxylic acids is 1. The van der Waals surface area contributed by atoms with E-state index in [1.165, 1.54) is 0 Å². The lowest BCUT2D eigenvalue weighted by Gasteiger charge is -2.14. The zero-order chi connectivity index (χ0) is 19.9. The summed E-state index contributed by atoms with van der Waals surface area (Å²) in [5.74, 6) is 0.142. The average molecular weight is 397 g/mol. The molecular weight excluding hydrogens is 376 g/mol. The average Bonchev–Trinajstić information content (AvgIpc) is 3.07. The lowest BCUT2D eigenvalue weighted by Crippen LogP contribution is -2.21. The van der Waals surface area contributed by atoms with Gasteiger partial charge < -0.3 is 24.7 Å². The minimum atomic E-state index is -1.21. The summed E-state index contributed by atoms with van der Waals surface area (Å²) < 4.78 is 11.6. The molecule has 146 valence electrons. The molecule has 0 unspecified atom stereocenters. The number of hydrogen-bond acceptors (Lipinski definition) is 7. The highest BCUT2D eigenvalue weighted by atomic mass is 32.1. The number of anilines is 1. The van der Waals surface area contributed by atoms with Gasteiger partial charge in [-0.3, -0.25) is 0 Å². The SMILES string of the molecule is CCOc1cc(CNc2nc(C)c(C(=O)[O-])s2)ccc1OCc1ccccc1. The molecule has 0 spiro atoms. The molecule has 1 heterocycles. The van der Waals surface area contributed by atoms with Crippen molar-refractivity contribution in [2.45, 2.75) is 27.0 Å². The second kappa shape index (κ2) is 9.23. The van der Waals surface area contributed by atoms with Crippen LogP contribution in [-0.4, -0.2) is 17.6 Å². The molecule has 0 aliphatic heterocycles. The van der Waals surface area contributed by atoms with Gasteiger partial charge in [-0.05, 0) is 37.1 Å². The maximum atomic E-state index is 11.0. The van der Waals surface area contributed by atoms with E-state index < -0.39 is 5.97 Å². The van der Waals surface area contributed by atoms with Crippen LogP contribution in [0, 0.1) is 6.92 Å². The Hall–Kier alpha value is -3.06. The number of benzene rings is 2. The molecule has 3 rings (SSSR count). The molecule has 2 aromatic carbocycles. The number of carbonyl (C=O) groups is 1. The number of aryl methyl sites for hydroxylation is 1. The van der Waals surface area contributed by atoms with Crippen LogP contribution in [0.15, 0.2) is 48.5 Å². The molecular formula is C21H21N2O4S-. The van der Waals surface area contributed by atoms with Gasteiger partial charge in [0.25, 0.3) is 0 Å². The zero-order valence-corrected chi connectivity index (χ0v) is 16.5. The molecule has 0 aliphatic carbocycles. The van der Waals surface area contributed by atoms with E-state index >= 15 is 0 Å². The highest BCUT2D eigenvalue weighted by Crippen LogP contribution is 2.30. The molecule has 0 saturated heterocycles. The Kier molecular flexibility index (Phi) is 6.49. The third kappa shape index (κ3) is 5.01. The number of nitrogens with one attached hydrogen (secondary N) is 1. The molecule has 0 radical (unpaired) electrons. The van der Waals surface area contributed by atoms with Crippen LogP contribution < -0.4 is 19.9 Å². The van der Waals surface area contributed by atoms with Crippen molar-refractivity contribution < 1.29 is 19.4 Å². The van der Waals surface area contributed by atoms with Gasteiger partial charge in [0.1, 0.15) is 6.61 Å². The van der Waals surface area contributed by atoms with Crippen LogP contribution in [0.3, 0.4) is 0 Å². The van der Waals surface area contributed by atoms with Crippen LogP contribution in [-0.2, 0) is 13.2 Å². The fourth-order valence-corrected chi connectivity index (χ4v) is 3.42. The number of carbonyl (C=O) groups excluding carboxylic acids is 1. The van der Waals surface area contributed by atoms with Gasteiger partial charge in [0.15, 0.2) is 16.6 Å². The van der Waals surface area contributed by atoms with Crippen LogP contribution in [0.2, 0.25) is 0 Å². The van der Waals surface area contributed by atoms with Gasteiger partial charge in [-0.25, -0.2) is 4.98 Å². The van der Waals surface area contributed by atoms with Gasteiger partial charge in [0.2, 0.25) is 0 Å². The number of rotatable bonds is 9. The fourth-order valence-electron chi connectivity index (χ4n) is 2.62. The monoisotopic (exact) mass is 397 g/mol. The maximum Gasteiger partial charge on any atom is 0.183 e. The minimum Gasteiger partial charge on any atom is -0.544 e. The Bertz CT molecular complexity index is 941. The molecule has 6 nitrogen and oxygen atoms in total. The molecule has 0 amide bonds. The number of thiazole rings is 1. The predicted molar refractivity (Wildman–Crippen MR) is 107 cm³/mol. The Morgan fingerprint density at radius 1 is 1.11 bits per heavy atom. The standard InChI is InChI=1S/C21H22N2O4S/c1-3-26-18-11-16(12-22-21-23-14(2)19(28-21)20(24)25)9-10-17(18)27-13-15-7-5-4-6-8-15/h4-11H,3,12-13H2,1-2H3,(H,22,23)(H,24,25)/p-1. The van der Waals surface area contributed by atoms with Crippen LogP contribution in [0.4, 0.5) is 5.13 Å². The van der Waals surface area contributed by atoms with E-state index in [2.05, 4.69) is 10.3 Å². The Morgan fingerprint density at radius 3 is 2.57 bits per heavy atom. The highest BCUT2D eigenvalue weighted by Gasteiger charge is 2.10. The van der Waals surface area contributed by atoms with E-state index in [0.717, 1.165) is 22.5 Å². The largest absolute Gasteiger partial charge is 0.544 e. The van der Waals surface area contributed by atoms with E-state index in [4.69, 9.17) is 9.47 Å². The van der Waals surface area contributed by atoms with Gasteiger partial charge in [-0.2, -0.15) is 0 Å². The second-order valence-corrected chi connectivity index (χ2v) is 7.06. The molecule has 0 saturated carbocycles. The van der Waals surface area contributed by atoms with Crippen molar-refractivity contribution in [1.82, 2.24) is 4.98 Å². The van der Waals surface area contributed by atoms with Crippen molar-refractivity contribution in [3.8, 4) is 11.5 Å². The number of nitrogens with zero attached hydrogens (tertiary/aromatic N) is 1. The molecule has 0 fully saturated rings. The summed E-state index contributed by atoms with van der Waals surface area (Å²) in [4.78, 5) is 15.4. The quantitative estimate of drug-likeness (QED) is 0.596. The summed E-state index contributed by atoms with van der Waals surface area (Å²) >= 11 is 1.07. The molecule has 1 aromatic heterocycles. The maximum absolute atomic E-state index is 11.0. The van der Waals surface area contributed by atoms with Crippen molar-refractivity contribution in [2.75, 3.05) is 11.9 Å². The summed E-state index contributed by atoms with van der Waals surface area (Å²) in [5, 5.41) is 14.7. The van der Waals surface area contributed by atoms with E-state index in [0.29, 0.717) is 42.1 Å². The van der Waals surface area contributed by atoms with Crippen molar-refractivity contribution in [3.05, 3.63) is 70.2 Å². The van der Waals surface area contributed by atoms with Gasteiger partial charge in [-0.15, -0.1) is 0 Å². The molecule has 28 heavy (non-hydrogen) atoms. The van der Waals surface area contributed by atoms with Crippen molar-refractivity contribution in [1.29, 1.82) is 0 Å². The van der Waals surface area contributed by atoms with Gasteiger partial charge in [-0.1, -0.05) is 47.7 Å². The first-order valence-corrected chi connectivity index (χ1v) is 9.73. The molecule has 7 heteroatoms. The predicted octanol–water partition coefficient (Wildman–Crippen LogP) is 3.40. The smallest absolute Gasteiger partial charge is 0.183 e. The van der Waals surface area contributed by atoms with Crippen LogP contribution in [0.5, 0.6) is 11.5 Å². The van der Waals surface area contributed by atoms with Gasteiger partial charge >= 0.3 is 0 Å². The van der Waals surface area contributed by atoms with Crippen LogP contribution in [0.25, 0.3) is 0 Å². The molecule has 3 aromatic rings. The number of hydrogen-bond donors (Lipinski definition) is 1. The molecule has 1 N–H and O–H groups in total. The van der Waals surface area contributed by atoms with Gasteiger partial charge in [0.05, 0.1) is 23.1 Å². The Balaban J connectivity index is 1.67. The number of aromatic nitrogens is 1. The third-order valence-electron chi connectivity index (χ3n) is 3.97. The lowest BCUT2D eigenvalue weighted by atomic mass is 10.2. The van der Waals surface area contributed by atoms with Crippen molar-refractivity contribution in [2.24, 2.45) is 0 Å². The van der Waals surface area contributed by atoms with E-state index in [1.807, 2.05) is 55.5 Å². The number of carboxylic acid groups (broad SMARTS) is 1. The van der Waals surface area contributed by atoms with E-state index in [1.54, 1.807) is 6.92 Å². The third-order valence-corrected chi connectivity index (χ3v) is 5.07. The van der Waals surface area contributed by atoms with E-state index in [9.17, 15) is 9.90 Å². The summed E-state index contributed by atoms with van der Waals surface area (Å²) in [6, 6.07) is 15.7. The fraction of sp³-hybridized carbons (Fsp3) is 0.238. The van der Waals surface area contributed by atoms with Crippen molar-refractivity contribution >= 4 is 22.4 Å². The number of ether oxygens (including phenoxy) is 2. The lowest BCUT2D eigenvalue weighted by molar-refractivity contribution is -0.254. The zero-order valence-electron chi connectivity index (χ0n) is 15.7. The van der Waals surface area contributed by atoms with Crippen LogP contribution in [0.1, 0.15) is 33.4 Å². The topological polar surface area (TPSA) is 83.5 Å². The minimum absolute atomic E-state index is 0.141. The first kappa shape index (κ1) is 19.7. The van der Waals surface area contributed by atoms with Gasteiger partial charge in [0, 0.05) is 6.54 Å². The summed E-state index contributed by atoms with van der Waals surface area (Å²) in [7, 11) is 0. The first-order valence-electron chi connectivity index (χ1n) is 8.92. The highest BCUT2D eigenvalue weighted by molar-refractivity contribution is 7.17. The summed E-state index contributed by atoms with van der Waals surface area (Å²) in [5.41, 5.74) is 2.50. The first-order chi connectivity index (χ1) is 13.6. The Labute approximate surface area is 167 Å². The molecule has 0 bridgehead atoms. The van der Waals surface area contributed by atoms with E-state index in [-0.39, 0.29) is 4.88 Å².